The monoisotopic (exact) mass is 273 g/mol. The molecule has 0 spiro atoms. The number of carbonyl (C=O) groups is 2. The van der Waals surface area contributed by atoms with Crippen molar-refractivity contribution >= 4 is 23.8 Å². The molecule has 2 rings (SSSR count). The van der Waals surface area contributed by atoms with Gasteiger partial charge in [0.1, 0.15) is 5.76 Å². The van der Waals surface area contributed by atoms with Crippen molar-refractivity contribution in [1.82, 2.24) is 10.1 Å². The fourth-order valence-corrected chi connectivity index (χ4v) is 1.52. The zero-order valence-corrected chi connectivity index (χ0v) is 10.5. The highest BCUT2D eigenvalue weighted by Crippen LogP contribution is 2.13. The molecular weight excluding hydrogens is 262 g/mol. The number of hydrogen-bond donors (Lipinski definition) is 2. The van der Waals surface area contributed by atoms with Crippen molar-refractivity contribution in [3.8, 4) is 0 Å². The van der Waals surface area contributed by atoms with Crippen LogP contribution in [-0.4, -0.2) is 27.1 Å². The third kappa shape index (κ3) is 3.29. The number of nitrogens with zero attached hydrogens (tertiary/aromatic N) is 2. The molecule has 0 saturated heterocycles. The lowest BCUT2D eigenvalue weighted by atomic mass is 10.1. The summed E-state index contributed by atoms with van der Waals surface area (Å²) in [6.07, 6.45) is 5.09. The van der Waals surface area contributed by atoms with Gasteiger partial charge in [0, 0.05) is 30.1 Å². The van der Waals surface area contributed by atoms with Gasteiger partial charge < -0.3 is 14.9 Å². The highest BCUT2D eigenvalue weighted by molar-refractivity contribution is 6.06. The molecule has 2 N–H and O–H groups in total. The van der Waals surface area contributed by atoms with E-state index in [9.17, 15) is 9.59 Å². The first-order chi connectivity index (χ1) is 9.56. The summed E-state index contributed by atoms with van der Waals surface area (Å²) in [6, 6.07) is 3.07. The van der Waals surface area contributed by atoms with Crippen LogP contribution in [0.3, 0.4) is 0 Å². The van der Waals surface area contributed by atoms with Crippen molar-refractivity contribution < 1.29 is 19.2 Å². The summed E-state index contributed by atoms with van der Waals surface area (Å²) in [6.45, 7) is 1.70. The SMILES string of the molecule is Cc1cc(NC(=O)c2ccncc2C=CC(=O)O)no1. The van der Waals surface area contributed by atoms with E-state index in [-0.39, 0.29) is 11.4 Å². The maximum absolute atomic E-state index is 12.1. The van der Waals surface area contributed by atoms with Crippen molar-refractivity contribution in [2.45, 2.75) is 6.92 Å². The Morgan fingerprint density at radius 1 is 1.45 bits per heavy atom. The normalized spacial score (nSPS) is 10.7. The fraction of sp³-hybridized carbons (Fsp3) is 0.0769. The minimum absolute atomic E-state index is 0.289. The Morgan fingerprint density at radius 2 is 2.25 bits per heavy atom. The number of pyridine rings is 1. The zero-order valence-electron chi connectivity index (χ0n) is 10.5. The molecule has 2 aromatic rings. The van der Waals surface area contributed by atoms with E-state index < -0.39 is 11.9 Å². The minimum Gasteiger partial charge on any atom is -0.478 e. The number of amides is 1. The van der Waals surface area contributed by atoms with Crippen LogP contribution in [-0.2, 0) is 4.79 Å². The van der Waals surface area contributed by atoms with Crippen molar-refractivity contribution in [2.75, 3.05) is 5.32 Å². The van der Waals surface area contributed by atoms with Crippen LogP contribution >= 0.6 is 0 Å². The van der Waals surface area contributed by atoms with Crippen LogP contribution < -0.4 is 5.32 Å². The largest absolute Gasteiger partial charge is 0.478 e. The summed E-state index contributed by atoms with van der Waals surface area (Å²) >= 11 is 0. The molecule has 0 fully saturated rings. The molecule has 0 saturated carbocycles. The van der Waals surface area contributed by atoms with Gasteiger partial charge in [-0.3, -0.25) is 9.78 Å². The summed E-state index contributed by atoms with van der Waals surface area (Å²) < 4.78 is 4.84. The lowest BCUT2D eigenvalue weighted by Crippen LogP contribution is -2.13. The van der Waals surface area contributed by atoms with Crippen LogP contribution in [0.4, 0.5) is 5.82 Å². The number of aryl methyl sites for hydroxylation is 1. The molecule has 0 atom stereocenters. The molecule has 20 heavy (non-hydrogen) atoms. The van der Waals surface area contributed by atoms with Crippen LogP contribution in [0.1, 0.15) is 21.7 Å². The van der Waals surface area contributed by atoms with Crippen LogP contribution in [0.25, 0.3) is 6.08 Å². The topological polar surface area (TPSA) is 105 Å². The van der Waals surface area contributed by atoms with Crippen LogP contribution in [0, 0.1) is 6.92 Å². The molecule has 102 valence electrons. The number of rotatable bonds is 4. The Bertz CT molecular complexity index is 676. The van der Waals surface area contributed by atoms with Gasteiger partial charge in [0.05, 0.1) is 5.56 Å². The average Bonchev–Trinajstić information content (AvgIpc) is 2.82. The Morgan fingerprint density at radius 3 is 2.90 bits per heavy atom. The predicted octanol–water partition coefficient (Wildman–Crippen LogP) is 1.73. The van der Waals surface area contributed by atoms with Gasteiger partial charge in [0.2, 0.25) is 0 Å². The Labute approximate surface area is 113 Å². The molecule has 0 radical (unpaired) electrons. The molecule has 0 aromatic carbocycles. The molecule has 0 aliphatic heterocycles. The van der Waals surface area contributed by atoms with Crippen LogP contribution in [0.2, 0.25) is 0 Å². The van der Waals surface area contributed by atoms with Crippen LogP contribution in [0.5, 0.6) is 0 Å². The van der Waals surface area contributed by atoms with Gasteiger partial charge in [-0.25, -0.2) is 4.79 Å². The van der Waals surface area contributed by atoms with Gasteiger partial charge in [-0.15, -0.1) is 0 Å². The van der Waals surface area contributed by atoms with Crippen LogP contribution in [0.15, 0.2) is 35.1 Å². The number of nitrogens with one attached hydrogen (secondary N) is 1. The lowest BCUT2D eigenvalue weighted by Gasteiger charge is -2.04. The highest BCUT2D eigenvalue weighted by Gasteiger charge is 2.12. The summed E-state index contributed by atoms with van der Waals surface area (Å²) in [5.41, 5.74) is 0.686. The van der Waals surface area contributed by atoms with Gasteiger partial charge >= 0.3 is 5.97 Å². The Hall–Kier alpha value is -2.96. The molecule has 0 unspecified atom stereocenters. The lowest BCUT2D eigenvalue weighted by molar-refractivity contribution is -0.131. The van der Waals surface area contributed by atoms with Crippen molar-refractivity contribution in [1.29, 1.82) is 0 Å². The quantitative estimate of drug-likeness (QED) is 0.822. The zero-order chi connectivity index (χ0) is 14.5. The predicted molar refractivity (Wildman–Crippen MR) is 70.1 cm³/mol. The van der Waals surface area contributed by atoms with Gasteiger partial charge in [-0.2, -0.15) is 0 Å². The summed E-state index contributed by atoms with van der Waals surface area (Å²) in [4.78, 5) is 26.5. The van der Waals surface area contributed by atoms with Gasteiger partial charge in [0.25, 0.3) is 5.91 Å². The highest BCUT2D eigenvalue weighted by atomic mass is 16.5. The van der Waals surface area contributed by atoms with E-state index in [0.717, 1.165) is 6.08 Å². The molecule has 0 aliphatic rings. The van der Waals surface area contributed by atoms with Crippen molar-refractivity contribution in [2.24, 2.45) is 0 Å². The molecular formula is C13H11N3O4. The first kappa shape index (κ1) is 13.5. The van der Waals surface area contributed by atoms with E-state index in [4.69, 9.17) is 9.63 Å². The van der Waals surface area contributed by atoms with E-state index in [1.165, 1.54) is 24.5 Å². The van der Waals surface area contributed by atoms with Crippen molar-refractivity contribution in [3.05, 3.63) is 47.5 Å². The Balaban J connectivity index is 2.23. The van der Waals surface area contributed by atoms with E-state index in [0.29, 0.717) is 11.3 Å². The number of carboxylic acid groups (broad SMARTS) is 1. The van der Waals surface area contributed by atoms with E-state index in [1.807, 2.05) is 0 Å². The fourth-order valence-electron chi connectivity index (χ4n) is 1.52. The minimum atomic E-state index is -1.10. The third-order valence-corrected chi connectivity index (χ3v) is 2.37. The van der Waals surface area contributed by atoms with Gasteiger partial charge in [0.15, 0.2) is 5.82 Å². The third-order valence-electron chi connectivity index (χ3n) is 2.37. The van der Waals surface area contributed by atoms with E-state index in [2.05, 4.69) is 15.5 Å². The first-order valence-electron chi connectivity index (χ1n) is 5.66. The van der Waals surface area contributed by atoms with Gasteiger partial charge in [-0.1, -0.05) is 5.16 Å². The maximum Gasteiger partial charge on any atom is 0.328 e. The number of aromatic nitrogens is 2. The van der Waals surface area contributed by atoms with E-state index >= 15 is 0 Å². The van der Waals surface area contributed by atoms with Crippen molar-refractivity contribution in [3.63, 3.8) is 0 Å². The second-order valence-corrected chi connectivity index (χ2v) is 3.91. The van der Waals surface area contributed by atoms with Gasteiger partial charge in [-0.05, 0) is 19.1 Å². The molecule has 0 bridgehead atoms. The smallest absolute Gasteiger partial charge is 0.328 e. The summed E-state index contributed by atoms with van der Waals surface area (Å²) in [5.74, 6) is -0.670. The van der Waals surface area contributed by atoms with E-state index in [1.54, 1.807) is 13.0 Å². The summed E-state index contributed by atoms with van der Waals surface area (Å²) in [7, 11) is 0. The molecule has 0 aliphatic carbocycles. The molecule has 7 nitrogen and oxygen atoms in total. The maximum atomic E-state index is 12.1. The molecule has 2 aromatic heterocycles. The second kappa shape index (κ2) is 5.79. The number of anilines is 1. The first-order valence-corrected chi connectivity index (χ1v) is 5.66. The number of hydrogen-bond acceptors (Lipinski definition) is 5. The number of carbonyl (C=O) groups excluding carboxylic acids is 1. The average molecular weight is 273 g/mol. The standard InChI is InChI=1S/C13H11N3O4/c1-8-6-11(16-20-8)15-13(19)10-4-5-14-7-9(10)2-3-12(17)18/h2-7H,1H3,(H,17,18)(H,15,16,19). The molecule has 2 heterocycles. The number of aliphatic carboxylic acids is 1. The Kier molecular flexibility index (Phi) is 3.90. The molecule has 7 heteroatoms. The number of carboxylic acids is 1. The molecule has 1 amide bonds. The second-order valence-electron chi connectivity index (χ2n) is 3.91. The summed E-state index contributed by atoms with van der Waals surface area (Å²) in [5, 5.41) is 14.8.